The number of aryl methyl sites for hydroxylation is 1. The summed E-state index contributed by atoms with van der Waals surface area (Å²) in [5, 5.41) is 0. The molecule has 0 heterocycles. The van der Waals surface area contributed by atoms with Gasteiger partial charge in [-0.15, -0.1) is 12.4 Å². The lowest BCUT2D eigenvalue weighted by atomic mass is 9.81. The van der Waals surface area contributed by atoms with Gasteiger partial charge in [0.2, 0.25) is 0 Å². The molecule has 0 radical (unpaired) electrons. The van der Waals surface area contributed by atoms with Gasteiger partial charge in [0, 0.05) is 0 Å². The molecular formula is C17H28ClNO. The summed E-state index contributed by atoms with van der Waals surface area (Å²) in [4.78, 5) is 2.28. The molecule has 1 unspecified atom stereocenters. The molecule has 1 aliphatic rings. The predicted octanol–water partition coefficient (Wildman–Crippen LogP) is 3.95. The number of hydrogen-bond donors (Lipinski definition) is 0. The van der Waals surface area contributed by atoms with Gasteiger partial charge < -0.3 is 9.64 Å². The summed E-state index contributed by atoms with van der Waals surface area (Å²) in [6.45, 7) is 1.22. The Labute approximate surface area is 129 Å². The van der Waals surface area contributed by atoms with Crippen LogP contribution in [0.15, 0.2) is 18.2 Å². The predicted molar refractivity (Wildman–Crippen MR) is 88.2 cm³/mol. The standard InChI is InChI=1S/C17H27NO.ClH/c1-18(2)11-5-4-6-14-7-8-16-13-17(19-3)10-9-15(16)12-14;/h9-10,13-14H,4-8,11-12H2,1-3H3;1H. The topological polar surface area (TPSA) is 12.5 Å². The number of benzene rings is 1. The van der Waals surface area contributed by atoms with Gasteiger partial charge >= 0.3 is 0 Å². The molecule has 0 N–H and O–H groups in total. The van der Waals surface area contributed by atoms with Crippen LogP contribution in [0.1, 0.15) is 36.8 Å². The van der Waals surface area contributed by atoms with Crippen molar-refractivity contribution in [1.82, 2.24) is 4.90 Å². The molecule has 0 aliphatic heterocycles. The Hall–Kier alpha value is -0.730. The molecule has 1 aliphatic carbocycles. The minimum Gasteiger partial charge on any atom is -0.497 e. The van der Waals surface area contributed by atoms with Gasteiger partial charge in [-0.1, -0.05) is 18.9 Å². The van der Waals surface area contributed by atoms with Crippen LogP contribution in [-0.4, -0.2) is 32.6 Å². The zero-order valence-corrected chi connectivity index (χ0v) is 13.8. The van der Waals surface area contributed by atoms with E-state index in [9.17, 15) is 0 Å². The lowest BCUT2D eigenvalue weighted by Crippen LogP contribution is -2.16. The summed E-state index contributed by atoms with van der Waals surface area (Å²) in [6, 6.07) is 6.59. The molecule has 2 nitrogen and oxygen atoms in total. The number of ether oxygens (including phenoxy) is 1. The Balaban J connectivity index is 0.00000200. The molecule has 20 heavy (non-hydrogen) atoms. The van der Waals surface area contributed by atoms with Crippen LogP contribution >= 0.6 is 12.4 Å². The average Bonchev–Trinajstić information content (AvgIpc) is 2.42. The van der Waals surface area contributed by atoms with E-state index in [2.05, 4.69) is 37.2 Å². The molecule has 1 aromatic carbocycles. The molecule has 0 aromatic heterocycles. The van der Waals surface area contributed by atoms with Crippen molar-refractivity contribution in [3.8, 4) is 5.75 Å². The Bertz CT molecular complexity index is 406. The maximum Gasteiger partial charge on any atom is 0.119 e. The van der Waals surface area contributed by atoms with E-state index in [0.29, 0.717) is 0 Å². The van der Waals surface area contributed by atoms with E-state index in [1.807, 2.05) is 0 Å². The number of halogens is 1. The Kier molecular flexibility index (Phi) is 7.39. The molecule has 3 heteroatoms. The van der Waals surface area contributed by atoms with Crippen LogP contribution < -0.4 is 4.74 Å². The second kappa shape index (κ2) is 8.53. The highest BCUT2D eigenvalue weighted by atomic mass is 35.5. The van der Waals surface area contributed by atoms with Crippen LogP contribution in [0.3, 0.4) is 0 Å². The van der Waals surface area contributed by atoms with Crippen molar-refractivity contribution in [1.29, 1.82) is 0 Å². The number of nitrogens with zero attached hydrogens (tertiary/aromatic N) is 1. The van der Waals surface area contributed by atoms with Crippen molar-refractivity contribution < 1.29 is 4.74 Å². The Morgan fingerprint density at radius 3 is 2.70 bits per heavy atom. The fraction of sp³-hybridized carbons (Fsp3) is 0.647. The summed E-state index contributed by atoms with van der Waals surface area (Å²) in [5.41, 5.74) is 3.05. The lowest BCUT2D eigenvalue weighted by Gasteiger charge is -2.25. The third-order valence-electron chi connectivity index (χ3n) is 4.21. The molecule has 2 rings (SSSR count). The Morgan fingerprint density at radius 1 is 1.20 bits per heavy atom. The maximum absolute atomic E-state index is 5.30. The van der Waals surface area contributed by atoms with Crippen molar-refractivity contribution >= 4 is 12.4 Å². The molecule has 0 saturated carbocycles. The van der Waals surface area contributed by atoms with Gasteiger partial charge in [-0.3, -0.25) is 0 Å². The smallest absolute Gasteiger partial charge is 0.119 e. The molecule has 0 saturated heterocycles. The number of methoxy groups -OCH3 is 1. The van der Waals surface area contributed by atoms with Crippen molar-refractivity contribution in [3.05, 3.63) is 29.3 Å². The zero-order valence-electron chi connectivity index (χ0n) is 13.0. The van der Waals surface area contributed by atoms with Crippen molar-refractivity contribution in [3.63, 3.8) is 0 Å². The van der Waals surface area contributed by atoms with E-state index in [4.69, 9.17) is 4.74 Å². The van der Waals surface area contributed by atoms with Gasteiger partial charge in [0.05, 0.1) is 7.11 Å². The number of hydrogen-bond acceptors (Lipinski definition) is 2. The van der Waals surface area contributed by atoms with Gasteiger partial charge in [-0.2, -0.15) is 0 Å². The first-order chi connectivity index (χ1) is 9.19. The van der Waals surface area contributed by atoms with Gasteiger partial charge in [-0.05, 0) is 75.5 Å². The second-order valence-electron chi connectivity index (χ2n) is 6.04. The van der Waals surface area contributed by atoms with E-state index in [1.54, 1.807) is 12.7 Å². The van der Waals surface area contributed by atoms with Crippen molar-refractivity contribution in [2.45, 2.75) is 38.5 Å². The first-order valence-corrected chi connectivity index (χ1v) is 7.49. The molecule has 0 fully saturated rings. The van der Waals surface area contributed by atoms with Crippen molar-refractivity contribution in [2.75, 3.05) is 27.7 Å². The van der Waals surface area contributed by atoms with Crippen LogP contribution in [0.5, 0.6) is 5.75 Å². The first-order valence-electron chi connectivity index (χ1n) is 7.49. The zero-order chi connectivity index (χ0) is 13.7. The van der Waals surface area contributed by atoms with Gasteiger partial charge in [0.25, 0.3) is 0 Å². The third-order valence-corrected chi connectivity index (χ3v) is 4.21. The van der Waals surface area contributed by atoms with Gasteiger partial charge in [0.1, 0.15) is 5.75 Å². The van der Waals surface area contributed by atoms with Crippen LogP contribution in [-0.2, 0) is 12.8 Å². The average molecular weight is 298 g/mol. The quantitative estimate of drug-likeness (QED) is 0.737. The SMILES string of the molecule is COc1ccc2c(c1)CCC(CCCCN(C)C)C2.Cl. The highest BCUT2D eigenvalue weighted by Gasteiger charge is 2.18. The fourth-order valence-corrected chi connectivity index (χ4v) is 3.04. The van der Waals surface area contributed by atoms with Crippen LogP contribution in [0, 0.1) is 5.92 Å². The number of fused-ring (bicyclic) bond motifs is 1. The van der Waals surface area contributed by atoms with E-state index in [1.165, 1.54) is 50.6 Å². The molecule has 1 aromatic rings. The minimum atomic E-state index is 0. The van der Waals surface area contributed by atoms with E-state index < -0.39 is 0 Å². The highest BCUT2D eigenvalue weighted by molar-refractivity contribution is 5.85. The molecule has 1 atom stereocenters. The third kappa shape index (κ3) is 4.99. The summed E-state index contributed by atoms with van der Waals surface area (Å²) in [6.07, 6.45) is 7.93. The minimum absolute atomic E-state index is 0. The normalized spacial score (nSPS) is 17.5. The first kappa shape index (κ1) is 17.3. The highest BCUT2D eigenvalue weighted by Crippen LogP contribution is 2.30. The number of unbranched alkanes of at least 4 members (excludes halogenated alkanes) is 1. The largest absolute Gasteiger partial charge is 0.497 e. The molecule has 0 amide bonds. The summed E-state index contributed by atoms with van der Waals surface area (Å²) in [7, 11) is 6.06. The fourth-order valence-electron chi connectivity index (χ4n) is 3.04. The maximum atomic E-state index is 5.30. The second-order valence-corrected chi connectivity index (χ2v) is 6.04. The molecule has 0 spiro atoms. The molecule has 114 valence electrons. The molecular weight excluding hydrogens is 270 g/mol. The number of rotatable bonds is 6. The summed E-state index contributed by atoms with van der Waals surface area (Å²) in [5.74, 6) is 1.89. The van der Waals surface area contributed by atoms with Crippen molar-refractivity contribution in [2.24, 2.45) is 5.92 Å². The van der Waals surface area contributed by atoms with Crippen LogP contribution in [0.25, 0.3) is 0 Å². The van der Waals surface area contributed by atoms with E-state index in [0.717, 1.165) is 11.7 Å². The lowest BCUT2D eigenvalue weighted by molar-refractivity contribution is 0.361. The summed E-state index contributed by atoms with van der Waals surface area (Å²) >= 11 is 0. The van der Waals surface area contributed by atoms with E-state index >= 15 is 0 Å². The van der Waals surface area contributed by atoms with Gasteiger partial charge in [0.15, 0.2) is 0 Å². The van der Waals surface area contributed by atoms with Crippen LogP contribution in [0.2, 0.25) is 0 Å². The monoisotopic (exact) mass is 297 g/mol. The molecule has 0 bridgehead atoms. The van der Waals surface area contributed by atoms with Crippen LogP contribution in [0.4, 0.5) is 0 Å². The summed E-state index contributed by atoms with van der Waals surface area (Å²) < 4.78 is 5.30. The van der Waals surface area contributed by atoms with Gasteiger partial charge in [-0.25, -0.2) is 0 Å². The van der Waals surface area contributed by atoms with E-state index in [-0.39, 0.29) is 12.4 Å². The Morgan fingerprint density at radius 2 is 2.00 bits per heavy atom.